The zero-order valence-electron chi connectivity index (χ0n) is 10.5. The molecule has 0 aliphatic heterocycles. The van der Waals surface area contributed by atoms with E-state index >= 15 is 0 Å². The van der Waals surface area contributed by atoms with E-state index in [0.717, 1.165) is 17.1 Å². The average Bonchev–Trinajstić information content (AvgIpc) is 2.38. The van der Waals surface area contributed by atoms with E-state index in [4.69, 9.17) is 0 Å². The lowest BCUT2D eigenvalue weighted by molar-refractivity contribution is 0.627. The summed E-state index contributed by atoms with van der Waals surface area (Å²) in [7, 11) is 3.90. The first-order valence-electron chi connectivity index (χ1n) is 5.77. The Bertz CT molecular complexity index is 491. The molecule has 3 nitrogen and oxygen atoms in total. The third-order valence-electron chi connectivity index (χ3n) is 2.62. The molecule has 0 amide bonds. The summed E-state index contributed by atoms with van der Waals surface area (Å²) in [6.07, 6.45) is 1.79. The van der Waals surface area contributed by atoms with Gasteiger partial charge in [-0.2, -0.15) is 0 Å². The fourth-order valence-electron chi connectivity index (χ4n) is 1.56. The molecule has 0 saturated heterocycles. The van der Waals surface area contributed by atoms with Gasteiger partial charge in [0.2, 0.25) is 0 Å². The lowest BCUT2D eigenvalue weighted by atomic mass is 10.2. The van der Waals surface area contributed by atoms with Crippen molar-refractivity contribution in [2.24, 2.45) is 0 Å². The summed E-state index contributed by atoms with van der Waals surface area (Å²) in [5.41, 5.74) is 1.98. The number of benzene rings is 1. The Morgan fingerprint density at radius 1 is 1.11 bits per heavy atom. The van der Waals surface area contributed by atoms with Crippen molar-refractivity contribution < 1.29 is 4.39 Å². The number of rotatable bonds is 4. The van der Waals surface area contributed by atoms with E-state index in [1.807, 2.05) is 31.1 Å². The Morgan fingerprint density at radius 2 is 1.83 bits per heavy atom. The van der Waals surface area contributed by atoms with Crippen LogP contribution in [0.15, 0.2) is 42.6 Å². The molecule has 1 N–H and O–H groups in total. The minimum absolute atomic E-state index is 0.212. The van der Waals surface area contributed by atoms with Crippen LogP contribution < -0.4 is 10.2 Å². The van der Waals surface area contributed by atoms with Crippen LogP contribution in [0.1, 0.15) is 5.56 Å². The SMILES string of the molecule is CN(C)c1ccc(NCc2ccc(F)cc2)cn1. The van der Waals surface area contributed by atoms with Gasteiger partial charge in [0.25, 0.3) is 0 Å². The van der Waals surface area contributed by atoms with E-state index in [0.29, 0.717) is 6.54 Å². The molecule has 18 heavy (non-hydrogen) atoms. The van der Waals surface area contributed by atoms with E-state index in [2.05, 4.69) is 10.3 Å². The molecule has 0 aliphatic rings. The molecule has 0 fully saturated rings. The summed E-state index contributed by atoms with van der Waals surface area (Å²) in [6, 6.07) is 10.4. The second kappa shape index (κ2) is 5.49. The normalized spacial score (nSPS) is 10.2. The van der Waals surface area contributed by atoms with Gasteiger partial charge in [0.05, 0.1) is 11.9 Å². The van der Waals surface area contributed by atoms with Gasteiger partial charge in [-0.25, -0.2) is 9.37 Å². The van der Waals surface area contributed by atoms with E-state index in [9.17, 15) is 4.39 Å². The Hall–Kier alpha value is -2.10. The van der Waals surface area contributed by atoms with Gasteiger partial charge in [0.1, 0.15) is 11.6 Å². The topological polar surface area (TPSA) is 28.2 Å². The Balaban J connectivity index is 1.95. The predicted molar refractivity (Wildman–Crippen MR) is 72.3 cm³/mol. The molecule has 0 bridgehead atoms. The third-order valence-corrected chi connectivity index (χ3v) is 2.62. The number of nitrogens with zero attached hydrogens (tertiary/aromatic N) is 2. The summed E-state index contributed by atoms with van der Waals surface area (Å²) in [6.45, 7) is 0.656. The molecule has 1 heterocycles. The van der Waals surface area contributed by atoms with Gasteiger partial charge in [-0.3, -0.25) is 0 Å². The van der Waals surface area contributed by atoms with Crippen LogP contribution in [0, 0.1) is 5.82 Å². The van der Waals surface area contributed by atoms with Crippen LogP contribution in [0.25, 0.3) is 0 Å². The molecule has 2 aromatic rings. The number of halogens is 1. The van der Waals surface area contributed by atoms with E-state index in [1.165, 1.54) is 12.1 Å². The van der Waals surface area contributed by atoms with Gasteiger partial charge < -0.3 is 10.2 Å². The number of hydrogen-bond donors (Lipinski definition) is 1. The zero-order chi connectivity index (χ0) is 13.0. The van der Waals surface area contributed by atoms with Crippen molar-refractivity contribution in [3.05, 3.63) is 54.0 Å². The minimum Gasteiger partial charge on any atom is -0.380 e. The third kappa shape index (κ3) is 3.20. The minimum atomic E-state index is -0.212. The van der Waals surface area contributed by atoms with Crippen molar-refractivity contribution >= 4 is 11.5 Å². The molecule has 0 aliphatic carbocycles. The largest absolute Gasteiger partial charge is 0.380 e. The highest BCUT2D eigenvalue weighted by Gasteiger charge is 1.98. The van der Waals surface area contributed by atoms with Crippen LogP contribution in [-0.4, -0.2) is 19.1 Å². The van der Waals surface area contributed by atoms with Gasteiger partial charge in [0, 0.05) is 20.6 Å². The summed E-state index contributed by atoms with van der Waals surface area (Å²) < 4.78 is 12.7. The second-order valence-corrected chi connectivity index (χ2v) is 4.28. The molecule has 4 heteroatoms. The molecule has 1 aromatic carbocycles. The predicted octanol–water partition coefficient (Wildman–Crippen LogP) is 2.90. The first kappa shape index (κ1) is 12.4. The standard InChI is InChI=1S/C14H16FN3/c1-18(2)14-8-7-13(10-17-14)16-9-11-3-5-12(15)6-4-11/h3-8,10,16H,9H2,1-2H3. The first-order chi connectivity index (χ1) is 8.65. The van der Waals surface area contributed by atoms with Crippen LogP contribution in [0.4, 0.5) is 15.9 Å². The molecular weight excluding hydrogens is 229 g/mol. The lowest BCUT2D eigenvalue weighted by Crippen LogP contribution is -2.10. The van der Waals surface area contributed by atoms with Crippen molar-refractivity contribution in [1.82, 2.24) is 4.98 Å². The maximum absolute atomic E-state index is 12.7. The summed E-state index contributed by atoms with van der Waals surface area (Å²) in [4.78, 5) is 6.26. The smallest absolute Gasteiger partial charge is 0.128 e. The molecule has 0 unspecified atom stereocenters. The Kier molecular flexibility index (Phi) is 3.77. The molecule has 94 valence electrons. The molecule has 0 atom stereocenters. The van der Waals surface area contributed by atoms with Gasteiger partial charge in [-0.15, -0.1) is 0 Å². The highest BCUT2D eigenvalue weighted by Crippen LogP contribution is 2.13. The highest BCUT2D eigenvalue weighted by molar-refractivity contribution is 5.48. The van der Waals surface area contributed by atoms with Crippen LogP contribution in [0.3, 0.4) is 0 Å². The van der Waals surface area contributed by atoms with Crippen molar-refractivity contribution in [2.75, 3.05) is 24.3 Å². The Labute approximate surface area is 106 Å². The van der Waals surface area contributed by atoms with Gasteiger partial charge >= 0.3 is 0 Å². The molecule has 2 rings (SSSR count). The fourth-order valence-corrected chi connectivity index (χ4v) is 1.56. The van der Waals surface area contributed by atoms with Gasteiger partial charge in [-0.1, -0.05) is 12.1 Å². The molecule has 0 saturated carbocycles. The Morgan fingerprint density at radius 3 is 2.39 bits per heavy atom. The van der Waals surface area contributed by atoms with Crippen molar-refractivity contribution in [1.29, 1.82) is 0 Å². The van der Waals surface area contributed by atoms with Gasteiger partial charge in [-0.05, 0) is 29.8 Å². The molecular formula is C14H16FN3. The second-order valence-electron chi connectivity index (χ2n) is 4.28. The van der Waals surface area contributed by atoms with Crippen LogP contribution >= 0.6 is 0 Å². The van der Waals surface area contributed by atoms with Crippen molar-refractivity contribution in [3.8, 4) is 0 Å². The maximum atomic E-state index is 12.7. The summed E-state index contributed by atoms with van der Waals surface area (Å²) in [5.74, 6) is 0.707. The van der Waals surface area contributed by atoms with Crippen molar-refractivity contribution in [2.45, 2.75) is 6.54 Å². The highest BCUT2D eigenvalue weighted by atomic mass is 19.1. The van der Waals surface area contributed by atoms with E-state index in [1.54, 1.807) is 18.3 Å². The quantitative estimate of drug-likeness (QED) is 0.897. The lowest BCUT2D eigenvalue weighted by Gasteiger charge is -2.12. The number of hydrogen-bond acceptors (Lipinski definition) is 3. The van der Waals surface area contributed by atoms with Crippen molar-refractivity contribution in [3.63, 3.8) is 0 Å². The van der Waals surface area contributed by atoms with Gasteiger partial charge in [0.15, 0.2) is 0 Å². The fraction of sp³-hybridized carbons (Fsp3) is 0.214. The van der Waals surface area contributed by atoms with Crippen LogP contribution in [0.5, 0.6) is 0 Å². The summed E-state index contributed by atoms with van der Waals surface area (Å²) >= 11 is 0. The number of pyridine rings is 1. The van der Waals surface area contributed by atoms with Crippen LogP contribution in [0.2, 0.25) is 0 Å². The number of aromatic nitrogens is 1. The monoisotopic (exact) mass is 245 g/mol. The number of anilines is 2. The average molecular weight is 245 g/mol. The zero-order valence-corrected chi connectivity index (χ0v) is 10.5. The summed E-state index contributed by atoms with van der Waals surface area (Å²) in [5, 5.41) is 3.24. The maximum Gasteiger partial charge on any atom is 0.128 e. The molecule has 0 spiro atoms. The van der Waals surface area contributed by atoms with E-state index in [-0.39, 0.29) is 5.82 Å². The number of nitrogens with one attached hydrogen (secondary N) is 1. The first-order valence-corrected chi connectivity index (χ1v) is 5.77. The molecule has 1 aromatic heterocycles. The van der Waals surface area contributed by atoms with Crippen LogP contribution in [-0.2, 0) is 6.54 Å². The van der Waals surface area contributed by atoms with E-state index < -0.39 is 0 Å². The molecule has 0 radical (unpaired) electrons.